The summed E-state index contributed by atoms with van der Waals surface area (Å²) >= 11 is 0. The van der Waals surface area contributed by atoms with Crippen molar-refractivity contribution in [2.24, 2.45) is 0 Å². The normalized spacial score (nSPS) is 15.2. The predicted octanol–water partition coefficient (Wildman–Crippen LogP) is 3.93. The number of morpholine rings is 1. The van der Waals surface area contributed by atoms with Gasteiger partial charge in [-0.2, -0.15) is 0 Å². The molecule has 2 N–H and O–H groups in total. The Morgan fingerprint density at radius 1 is 0.786 bits per heavy atom. The number of ether oxygens (including phenoxy) is 1. The van der Waals surface area contributed by atoms with Crippen molar-refractivity contribution in [2.45, 2.75) is 37.8 Å². The van der Waals surface area contributed by atoms with Crippen molar-refractivity contribution in [3.63, 3.8) is 0 Å². The summed E-state index contributed by atoms with van der Waals surface area (Å²) < 4.78 is 31.1. The highest BCUT2D eigenvalue weighted by Gasteiger charge is 2.26. The molecule has 1 fully saturated rings. The van der Waals surface area contributed by atoms with Crippen molar-refractivity contribution in [3.05, 3.63) is 119 Å². The van der Waals surface area contributed by atoms with E-state index in [1.54, 1.807) is 11.0 Å². The minimum Gasteiger partial charge on any atom is -0.378 e. The Morgan fingerprint density at radius 3 is 1.93 bits per heavy atom. The van der Waals surface area contributed by atoms with Gasteiger partial charge in [-0.1, -0.05) is 97.1 Å². The number of amides is 3. The minimum absolute atomic E-state index is 0.0287. The predicted molar refractivity (Wildman–Crippen MR) is 165 cm³/mol. The van der Waals surface area contributed by atoms with Gasteiger partial charge in [0, 0.05) is 31.0 Å². The number of hydrogen-bond acceptors (Lipinski definition) is 5. The first-order chi connectivity index (χ1) is 20.4. The van der Waals surface area contributed by atoms with E-state index in [9.17, 15) is 18.0 Å². The standard InChI is InChI=1S/C33H39N3O5S/c37-32(31(26-29-14-8-3-9-15-29)35-33(38)36-20-22-41-23-21-36)34-30(17-16-27-10-4-1-5-11-27)19-25-42(39,40)24-18-28-12-6-2-7-13-28/h1-15,19,25,30-31H,16-18,20-24,26H2,(H,34,37)(H,35,38)/b25-19+/t30-,31-/m0/s1. The van der Waals surface area contributed by atoms with E-state index in [0.29, 0.717) is 52.0 Å². The number of sulfone groups is 1. The minimum atomic E-state index is -3.52. The molecular formula is C33H39N3O5S. The molecule has 9 heteroatoms. The van der Waals surface area contributed by atoms with Crippen molar-refractivity contribution in [1.82, 2.24) is 15.5 Å². The average Bonchev–Trinajstić information content (AvgIpc) is 3.03. The Balaban J connectivity index is 1.48. The van der Waals surface area contributed by atoms with Crippen LogP contribution >= 0.6 is 0 Å². The SMILES string of the molecule is O=C(N[C@H](/C=C/S(=O)(=O)CCc1ccccc1)CCc1ccccc1)[C@H](Cc1ccccc1)NC(=O)N1CCOCC1. The molecule has 222 valence electrons. The van der Waals surface area contributed by atoms with Gasteiger partial charge in [0.2, 0.25) is 5.91 Å². The van der Waals surface area contributed by atoms with Gasteiger partial charge in [-0.25, -0.2) is 13.2 Å². The molecule has 4 rings (SSSR count). The third kappa shape index (κ3) is 10.5. The summed E-state index contributed by atoms with van der Waals surface area (Å²) in [5.41, 5.74) is 2.93. The summed E-state index contributed by atoms with van der Waals surface area (Å²) in [5, 5.41) is 7.13. The fourth-order valence-electron chi connectivity index (χ4n) is 4.72. The topological polar surface area (TPSA) is 105 Å². The van der Waals surface area contributed by atoms with E-state index in [-0.39, 0.29) is 17.7 Å². The van der Waals surface area contributed by atoms with Gasteiger partial charge >= 0.3 is 6.03 Å². The van der Waals surface area contributed by atoms with Crippen LogP contribution in [0.4, 0.5) is 4.79 Å². The van der Waals surface area contributed by atoms with E-state index in [0.717, 1.165) is 16.7 Å². The van der Waals surface area contributed by atoms with Crippen LogP contribution in [0.1, 0.15) is 23.1 Å². The number of nitrogens with zero attached hydrogens (tertiary/aromatic N) is 1. The molecule has 8 nitrogen and oxygen atoms in total. The van der Waals surface area contributed by atoms with Crippen LogP contribution in [0.2, 0.25) is 0 Å². The fraction of sp³-hybridized carbons (Fsp3) is 0.333. The lowest BCUT2D eigenvalue weighted by molar-refractivity contribution is -0.123. The number of rotatable bonds is 13. The Kier molecular flexibility index (Phi) is 11.7. The second-order valence-electron chi connectivity index (χ2n) is 10.4. The van der Waals surface area contributed by atoms with Crippen molar-refractivity contribution in [3.8, 4) is 0 Å². The Bertz CT molecular complexity index is 1390. The third-order valence-corrected chi connectivity index (χ3v) is 8.49. The number of aryl methyl sites for hydroxylation is 2. The molecular weight excluding hydrogens is 550 g/mol. The largest absolute Gasteiger partial charge is 0.378 e. The maximum atomic E-state index is 13.7. The molecule has 0 unspecified atom stereocenters. The Hall–Kier alpha value is -3.95. The molecule has 3 amide bonds. The molecule has 42 heavy (non-hydrogen) atoms. The maximum absolute atomic E-state index is 13.7. The summed E-state index contributed by atoms with van der Waals surface area (Å²) in [7, 11) is -3.52. The molecule has 3 aromatic carbocycles. The number of nitrogens with one attached hydrogen (secondary N) is 2. The van der Waals surface area contributed by atoms with Gasteiger partial charge in [-0.05, 0) is 36.0 Å². The average molecular weight is 590 g/mol. The van der Waals surface area contributed by atoms with Gasteiger partial charge in [-0.15, -0.1) is 0 Å². The summed E-state index contributed by atoms with van der Waals surface area (Å²) in [6, 6.07) is 27.1. The van der Waals surface area contributed by atoms with Gasteiger partial charge in [0.15, 0.2) is 9.84 Å². The van der Waals surface area contributed by atoms with Gasteiger partial charge < -0.3 is 20.3 Å². The molecule has 2 atom stereocenters. The van der Waals surface area contributed by atoms with E-state index >= 15 is 0 Å². The van der Waals surface area contributed by atoms with E-state index < -0.39 is 21.9 Å². The summed E-state index contributed by atoms with van der Waals surface area (Å²) in [4.78, 5) is 28.3. The van der Waals surface area contributed by atoms with Crippen molar-refractivity contribution >= 4 is 21.8 Å². The molecule has 1 aliphatic rings. The van der Waals surface area contributed by atoms with Crippen LogP contribution < -0.4 is 10.6 Å². The molecule has 1 saturated heterocycles. The monoisotopic (exact) mass is 589 g/mol. The highest BCUT2D eigenvalue weighted by atomic mass is 32.2. The smallest absolute Gasteiger partial charge is 0.318 e. The van der Waals surface area contributed by atoms with Crippen LogP contribution in [0, 0.1) is 0 Å². The van der Waals surface area contributed by atoms with Crippen molar-refractivity contribution in [1.29, 1.82) is 0 Å². The molecule has 0 aliphatic carbocycles. The second-order valence-corrected chi connectivity index (χ2v) is 12.4. The van der Waals surface area contributed by atoms with E-state index in [1.165, 1.54) is 5.41 Å². The van der Waals surface area contributed by atoms with Crippen LogP contribution in [-0.4, -0.2) is 69.4 Å². The lowest BCUT2D eigenvalue weighted by atomic mass is 10.0. The lowest BCUT2D eigenvalue weighted by Gasteiger charge is -2.29. The van der Waals surface area contributed by atoms with Gasteiger partial charge in [0.05, 0.1) is 19.0 Å². The number of hydrogen-bond donors (Lipinski definition) is 2. The fourth-order valence-corrected chi connectivity index (χ4v) is 5.81. The van der Waals surface area contributed by atoms with Gasteiger partial charge in [0.25, 0.3) is 0 Å². The molecule has 0 bridgehead atoms. The number of carbonyl (C=O) groups excluding carboxylic acids is 2. The first kappa shape index (κ1) is 31.0. The van der Waals surface area contributed by atoms with Crippen molar-refractivity contribution in [2.75, 3.05) is 32.1 Å². The highest BCUT2D eigenvalue weighted by Crippen LogP contribution is 2.11. The first-order valence-electron chi connectivity index (χ1n) is 14.3. The zero-order valence-electron chi connectivity index (χ0n) is 23.7. The Labute approximate surface area is 248 Å². The van der Waals surface area contributed by atoms with Crippen LogP contribution in [0.25, 0.3) is 0 Å². The number of benzene rings is 3. The lowest BCUT2D eigenvalue weighted by Crippen LogP contribution is -2.55. The van der Waals surface area contributed by atoms with Gasteiger partial charge in [0.1, 0.15) is 6.04 Å². The molecule has 0 radical (unpaired) electrons. The van der Waals surface area contributed by atoms with Crippen LogP contribution in [0.15, 0.2) is 102 Å². The molecule has 0 aromatic heterocycles. The molecule has 1 heterocycles. The maximum Gasteiger partial charge on any atom is 0.318 e. The summed E-state index contributed by atoms with van der Waals surface area (Å²) in [6.07, 6.45) is 3.40. The van der Waals surface area contributed by atoms with E-state index in [2.05, 4.69) is 10.6 Å². The van der Waals surface area contributed by atoms with E-state index in [4.69, 9.17) is 4.74 Å². The van der Waals surface area contributed by atoms with Crippen LogP contribution in [-0.2, 0) is 38.6 Å². The Morgan fingerprint density at radius 2 is 1.33 bits per heavy atom. The van der Waals surface area contributed by atoms with Crippen LogP contribution in [0.3, 0.4) is 0 Å². The number of urea groups is 1. The second kappa shape index (κ2) is 15.9. The molecule has 0 spiro atoms. The zero-order chi connectivity index (χ0) is 29.6. The quantitative estimate of drug-likeness (QED) is 0.315. The van der Waals surface area contributed by atoms with E-state index in [1.807, 2.05) is 91.0 Å². The highest BCUT2D eigenvalue weighted by molar-refractivity contribution is 7.94. The number of carbonyl (C=O) groups is 2. The van der Waals surface area contributed by atoms with Crippen molar-refractivity contribution < 1.29 is 22.7 Å². The molecule has 3 aromatic rings. The zero-order valence-corrected chi connectivity index (χ0v) is 24.5. The third-order valence-electron chi connectivity index (χ3n) is 7.15. The van der Waals surface area contributed by atoms with Crippen LogP contribution in [0.5, 0.6) is 0 Å². The molecule has 0 saturated carbocycles. The van der Waals surface area contributed by atoms with Gasteiger partial charge in [-0.3, -0.25) is 4.79 Å². The molecule has 1 aliphatic heterocycles. The first-order valence-corrected chi connectivity index (χ1v) is 16.1. The summed E-state index contributed by atoms with van der Waals surface area (Å²) in [5.74, 6) is -0.399. The summed E-state index contributed by atoms with van der Waals surface area (Å²) in [6.45, 7) is 1.81.